The highest BCUT2D eigenvalue weighted by Crippen LogP contribution is 2.38. The Bertz CT molecular complexity index is 1310. The van der Waals surface area contributed by atoms with E-state index in [1.54, 1.807) is 17.8 Å². The molecule has 31 heavy (non-hydrogen) atoms. The highest BCUT2D eigenvalue weighted by molar-refractivity contribution is 7.98. The molecular formula is C23H22ClN5OS. The van der Waals surface area contributed by atoms with Crippen LogP contribution in [0.4, 0.5) is 0 Å². The Morgan fingerprint density at radius 2 is 1.94 bits per heavy atom. The van der Waals surface area contributed by atoms with E-state index in [1.807, 2.05) is 43.3 Å². The molecule has 6 nitrogen and oxygen atoms in total. The third-order valence-corrected chi connectivity index (χ3v) is 7.08. The summed E-state index contributed by atoms with van der Waals surface area (Å²) in [7, 11) is 0. The van der Waals surface area contributed by atoms with Gasteiger partial charge in [0.15, 0.2) is 11.0 Å². The number of hydrogen-bond donors (Lipinski definition) is 1. The molecule has 0 amide bonds. The molecule has 0 spiro atoms. The fraction of sp³-hybridized carbons (Fsp3) is 0.304. The first-order chi connectivity index (χ1) is 15.1. The number of aryl methyl sites for hydroxylation is 1. The van der Waals surface area contributed by atoms with Gasteiger partial charge in [0.05, 0.1) is 21.7 Å². The lowest BCUT2D eigenvalue weighted by atomic mass is 10.1. The fourth-order valence-corrected chi connectivity index (χ4v) is 5.34. The van der Waals surface area contributed by atoms with Crippen molar-refractivity contribution in [2.45, 2.75) is 49.6 Å². The highest BCUT2D eigenvalue weighted by atomic mass is 35.5. The van der Waals surface area contributed by atoms with Gasteiger partial charge in [0.2, 0.25) is 0 Å². The summed E-state index contributed by atoms with van der Waals surface area (Å²) < 4.78 is 2.23. The molecule has 0 saturated heterocycles. The van der Waals surface area contributed by atoms with E-state index < -0.39 is 0 Å². The molecule has 2 aromatic heterocycles. The van der Waals surface area contributed by atoms with Gasteiger partial charge in [0.1, 0.15) is 5.82 Å². The third-order valence-electron chi connectivity index (χ3n) is 5.79. The van der Waals surface area contributed by atoms with Gasteiger partial charge in [0, 0.05) is 11.6 Å². The van der Waals surface area contributed by atoms with Crippen molar-refractivity contribution in [1.29, 1.82) is 0 Å². The number of benzene rings is 2. The van der Waals surface area contributed by atoms with Crippen LogP contribution in [0.25, 0.3) is 22.3 Å². The molecule has 158 valence electrons. The van der Waals surface area contributed by atoms with Gasteiger partial charge < -0.3 is 4.98 Å². The van der Waals surface area contributed by atoms with Crippen molar-refractivity contribution in [3.05, 3.63) is 69.2 Å². The van der Waals surface area contributed by atoms with Crippen LogP contribution in [-0.4, -0.2) is 24.7 Å². The van der Waals surface area contributed by atoms with Crippen LogP contribution in [0.1, 0.15) is 43.1 Å². The summed E-state index contributed by atoms with van der Waals surface area (Å²) in [5.74, 6) is 1.94. The smallest absolute Gasteiger partial charge is 0.258 e. The number of H-pyrrole nitrogens is 1. The topological polar surface area (TPSA) is 76.5 Å². The minimum absolute atomic E-state index is 0.113. The molecule has 0 bridgehead atoms. The number of fused-ring (bicyclic) bond motifs is 1. The van der Waals surface area contributed by atoms with E-state index in [2.05, 4.69) is 19.7 Å². The lowest BCUT2D eigenvalue weighted by Gasteiger charge is -2.17. The van der Waals surface area contributed by atoms with Crippen molar-refractivity contribution in [1.82, 2.24) is 24.7 Å². The second kappa shape index (κ2) is 8.48. The summed E-state index contributed by atoms with van der Waals surface area (Å²) in [6.07, 6.45) is 4.61. The second-order valence-corrected chi connectivity index (χ2v) is 9.22. The number of halogens is 1. The van der Waals surface area contributed by atoms with Gasteiger partial charge in [-0.25, -0.2) is 4.98 Å². The molecule has 0 unspecified atom stereocenters. The molecule has 0 radical (unpaired) electrons. The van der Waals surface area contributed by atoms with Gasteiger partial charge in [-0.15, -0.1) is 10.2 Å². The monoisotopic (exact) mass is 451 g/mol. The van der Waals surface area contributed by atoms with Crippen LogP contribution in [-0.2, 0) is 5.75 Å². The lowest BCUT2D eigenvalue weighted by Crippen LogP contribution is -2.12. The normalized spacial score (nSPS) is 14.5. The largest absolute Gasteiger partial charge is 0.309 e. The first-order valence-corrected chi connectivity index (χ1v) is 11.8. The van der Waals surface area contributed by atoms with E-state index in [4.69, 9.17) is 16.6 Å². The van der Waals surface area contributed by atoms with Crippen molar-refractivity contribution in [3.8, 4) is 11.4 Å². The molecule has 5 rings (SSSR count). The minimum atomic E-state index is -0.113. The molecule has 1 fully saturated rings. The van der Waals surface area contributed by atoms with Crippen molar-refractivity contribution < 1.29 is 0 Å². The predicted molar refractivity (Wildman–Crippen MR) is 125 cm³/mol. The Labute approximate surface area is 189 Å². The number of thioether (sulfide) groups is 1. The minimum Gasteiger partial charge on any atom is -0.309 e. The maximum atomic E-state index is 12.5. The molecule has 2 aromatic carbocycles. The van der Waals surface area contributed by atoms with Gasteiger partial charge in [-0.3, -0.25) is 9.36 Å². The van der Waals surface area contributed by atoms with Gasteiger partial charge in [0.25, 0.3) is 5.56 Å². The van der Waals surface area contributed by atoms with Crippen molar-refractivity contribution in [2.24, 2.45) is 0 Å². The molecule has 1 saturated carbocycles. The van der Waals surface area contributed by atoms with Crippen molar-refractivity contribution >= 4 is 34.3 Å². The first kappa shape index (κ1) is 20.3. The van der Waals surface area contributed by atoms with Crippen LogP contribution >= 0.6 is 23.4 Å². The summed E-state index contributed by atoms with van der Waals surface area (Å²) in [4.78, 5) is 20.1. The van der Waals surface area contributed by atoms with Gasteiger partial charge in [-0.2, -0.15) is 0 Å². The molecule has 1 aliphatic rings. The van der Waals surface area contributed by atoms with Crippen LogP contribution in [0.3, 0.4) is 0 Å². The van der Waals surface area contributed by atoms with Crippen LogP contribution in [0.15, 0.2) is 52.4 Å². The Balaban J connectivity index is 1.50. The van der Waals surface area contributed by atoms with E-state index in [-0.39, 0.29) is 5.56 Å². The van der Waals surface area contributed by atoms with Gasteiger partial charge >= 0.3 is 0 Å². The van der Waals surface area contributed by atoms with Crippen LogP contribution in [0.2, 0.25) is 5.02 Å². The lowest BCUT2D eigenvalue weighted by molar-refractivity contribution is 0.485. The van der Waals surface area contributed by atoms with E-state index in [0.717, 1.165) is 40.5 Å². The Morgan fingerprint density at radius 1 is 1.13 bits per heavy atom. The summed E-state index contributed by atoms with van der Waals surface area (Å²) >= 11 is 8.01. The van der Waals surface area contributed by atoms with Crippen molar-refractivity contribution in [2.75, 3.05) is 0 Å². The summed E-state index contributed by atoms with van der Waals surface area (Å²) in [5.41, 5.74) is 2.52. The molecule has 4 aromatic rings. The van der Waals surface area contributed by atoms with E-state index in [9.17, 15) is 4.79 Å². The number of hydrogen-bond acceptors (Lipinski definition) is 5. The standard InChI is InChI=1S/C23H22ClN5OS/c1-14-7-6-11-17-20(14)25-19(26-22(17)30)13-31-23-28-27-21(16-10-4-5-12-18(16)24)29(23)15-8-2-3-9-15/h4-7,10-12,15H,2-3,8-9,13H2,1H3,(H,25,26,30). The molecule has 0 atom stereocenters. The quantitative estimate of drug-likeness (QED) is 0.402. The molecule has 1 aliphatic carbocycles. The molecule has 8 heteroatoms. The van der Waals surface area contributed by atoms with Crippen LogP contribution < -0.4 is 5.56 Å². The second-order valence-electron chi connectivity index (χ2n) is 7.87. The average Bonchev–Trinajstić information content (AvgIpc) is 3.43. The Morgan fingerprint density at radius 3 is 2.74 bits per heavy atom. The van der Waals surface area contributed by atoms with Gasteiger partial charge in [-0.1, -0.05) is 60.5 Å². The highest BCUT2D eigenvalue weighted by Gasteiger charge is 2.26. The van der Waals surface area contributed by atoms with Crippen molar-refractivity contribution in [3.63, 3.8) is 0 Å². The summed E-state index contributed by atoms with van der Waals surface area (Å²) in [5, 5.41) is 11.1. The third kappa shape index (κ3) is 3.88. The zero-order valence-electron chi connectivity index (χ0n) is 17.1. The zero-order chi connectivity index (χ0) is 21.4. The average molecular weight is 452 g/mol. The number of nitrogens with zero attached hydrogens (tertiary/aromatic N) is 4. The fourth-order valence-electron chi connectivity index (χ4n) is 4.25. The van der Waals surface area contributed by atoms with E-state index in [0.29, 0.717) is 28.0 Å². The molecule has 0 aliphatic heterocycles. The summed E-state index contributed by atoms with van der Waals surface area (Å²) in [6, 6.07) is 13.8. The number of para-hydroxylation sites is 1. The van der Waals surface area contributed by atoms with Crippen LogP contribution in [0, 0.1) is 6.92 Å². The Kier molecular flexibility index (Phi) is 5.54. The maximum Gasteiger partial charge on any atom is 0.258 e. The number of nitrogens with one attached hydrogen (secondary N) is 1. The van der Waals surface area contributed by atoms with E-state index in [1.165, 1.54) is 12.8 Å². The summed E-state index contributed by atoms with van der Waals surface area (Å²) in [6.45, 7) is 1.97. The molecule has 1 N–H and O–H groups in total. The van der Waals surface area contributed by atoms with Crippen LogP contribution in [0.5, 0.6) is 0 Å². The van der Waals surface area contributed by atoms with Gasteiger partial charge in [-0.05, 0) is 43.5 Å². The van der Waals surface area contributed by atoms with E-state index >= 15 is 0 Å². The zero-order valence-corrected chi connectivity index (χ0v) is 18.7. The first-order valence-electron chi connectivity index (χ1n) is 10.4. The number of aromatic nitrogens is 5. The number of aromatic amines is 1. The predicted octanol–water partition coefficient (Wildman–Crippen LogP) is 5.55. The Hall–Kier alpha value is -2.64. The number of rotatable bonds is 5. The molecule has 2 heterocycles. The molecular weight excluding hydrogens is 430 g/mol. The maximum absolute atomic E-state index is 12.5. The SMILES string of the molecule is Cc1cccc2c(=O)[nH]c(CSc3nnc(-c4ccccc4Cl)n3C3CCCC3)nc12.